The first kappa shape index (κ1) is 20.6. The Morgan fingerprint density at radius 2 is 1.68 bits per heavy atom. The molecule has 1 aliphatic heterocycles. The lowest BCUT2D eigenvalue weighted by molar-refractivity contribution is -0.155. The third-order valence-corrected chi connectivity index (χ3v) is 7.06. The Morgan fingerprint density at radius 3 is 2.32 bits per heavy atom. The van der Waals surface area contributed by atoms with Gasteiger partial charge >= 0.3 is 5.97 Å². The molecule has 0 aromatic heterocycles. The normalized spacial score (nSPS) is 21.8. The Balaban J connectivity index is 1.55. The van der Waals surface area contributed by atoms with Gasteiger partial charge in [0, 0.05) is 12.1 Å². The number of hydrogen-bond donors (Lipinski definition) is 0. The summed E-state index contributed by atoms with van der Waals surface area (Å²) in [7, 11) is -3.10. The number of esters is 1. The maximum Gasteiger partial charge on any atom is 0.344 e. The van der Waals surface area contributed by atoms with E-state index in [1.54, 1.807) is 29.2 Å². The summed E-state index contributed by atoms with van der Waals surface area (Å²) in [4.78, 5) is 26.5. The standard InChI is InChI=1S/C20H27NO6S/c22-19(13-27-20(23)14-26-18-9-5-2-6-10-18)21(16-7-3-1-4-8-16)17-11-12-28(24,25)15-17/h2,5-6,9-10,16-17H,1,3-4,7-8,11-15H2/t17-/m0/s1. The zero-order valence-corrected chi connectivity index (χ0v) is 16.7. The molecule has 1 saturated heterocycles. The van der Waals surface area contributed by atoms with Crippen molar-refractivity contribution in [3.05, 3.63) is 30.3 Å². The number of sulfone groups is 1. The number of benzene rings is 1. The highest BCUT2D eigenvalue weighted by Gasteiger charge is 2.38. The second kappa shape index (κ2) is 9.41. The smallest absolute Gasteiger partial charge is 0.344 e. The van der Waals surface area contributed by atoms with Crippen LogP contribution in [0.3, 0.4) is 0 Å². The minimum atomic E-state index is -3.10. The van der Waals surface area contributed by atoms with Gasteiger partial charge in [-0.05, 0) is 31.4 Å². The number of hydrogen-bond acceptors (Lipinski definition) is 6. The zero-order valence-electron chi connectivity index (χ0n) is 15.9. The molecule has 1 heterocycles. The fraction of sp³-hybridized carbons (Fsp3) is 0.600. The van der Waals surface area contributed by atoms with Gasteiger partial charge in [-0.15, -0.1) is 0 Å². The molecule has 2 aliphatic rings. The van der Waals surface area contributed by atoms with Crippen LogP contribution >= 0.6 is 0 Å². The van der Waals surface area contributed by atoms with Crippen molar-refractivity contribution < 1.29 is 27.5 Å². The molecule has 1 amide bonds. The van der Waals surface area contributed by atoms with Gasteiger partial charge in [0.05, 0.1) is 11.5 Å². The van der Waals surface area contributed by atoms with Gasteiger partial charge in [0.1, 0.15) is 5.75 Å². The lowest BCUT2D eigenvalue weighted by Gasteiger charge is -2.38. The van der Waals surface area contributed by atoms with E-state index in [1.807, 2.05) is 6.07 Å². The van der Waals surface area contributed by atoms with Crippen LogP contribution in [0.2, 0.25) is 0 Å². The summed E-state index contributed by atoms with van der Waals surface area (Å²) >= 11 is 0. The highest BCUT2D eigenvalue weighted by Crippen LogP contribution is 2.28. The van der Waals surface area contributed by atoms with Gasteiger partial charge in [-0.2, -0.15) is 0 Å². The molecule has 0 unspecified atom stereocenters. The van der Waals surface area contributed by atoms with Gasteiger partial charge in [0.25, 0.3) is 5.91 Å². The van der Waals surface area contributed by atoms with Gasteiger partial charge in [0.15, 0.2) is 23.1 Å². The van der Waals surface area contributed by atoms with Gasteiger partial charge in [-0.3, -0.25) is 4.79 Å². The minimum absolute atomic E-state index is 0.000302. The molecule has 1 aliphatic carbocycles. The first-order chi connectivity index (χ1) is 13.4. The summed E-state index contributed by atoms with van der Waals surface area (Å²) < 4.78 is 34.2. The Morgan fingerprint density at radius 1 is 0.964 bits per heavy atom. The number of carbonyl (C=O) groups excluding carboxylic acids is 2. The van der Waals surface area contributed by atoms with E-state index in [1.165, 1.54) is 0 Å². The van der Waals surface area contributed by atoms with Crippen molar-refractivity contribution in [1.29, 1.82) is 0 Å². The lowest BCUT2D eigenvalue weighted by Crippen LogP contribution is -2.50. The zero-order chi connectivity index (χ0) is 20.0. The summed E-state index contributed by atoms with van der Waals surface area (Å²) in [6.07, 6.45) is 5.38. The molecule has 0 bridgehead atoms. The topological polar surface area (TPSA) is 90.0 Å². The molecule has 0 radical (unpaired) electrons. The second-order valence-corrected chi connectivity index (χ2v) is 9.64. The van der Waals surface area contributed by atoms with E-state index >= 15 is 0 Å². The molecule has 3 rings (SSSR count). The molecule has 1 atom stereocenters. The Kier molecular flexibility index (Phi) is 6.93. The molecular formula is C20H27NO6S. The van der Waals surface area contributed by atoms with E-state index in [9.17, 15) is 18.0 Å². The fourth-order valence-corrected chi connectivity index (χ4v) is 5.69. The largest absolute Gasteiger partial charge is 0.482 e. The van der Waals surface area contributed by atoms with Crippen LogP contribution in [0.5, 0.6) is 5.75 Å². The second-order valence-electron chi connectivity index (χ2n) is 7.41. The maximum atomic E-state index is 12.8. The van der Waals surface area contributed by atoms with E-state index in [-0.39, 0.29) is 42.7 Å². The van der Waals surface area contributed by atoms with Crippen molar-refractivity contribution in [1.82, 2.24) is 4.90 Å². The molecular weight excluding hydrogens is 382 g/mol. The highest BCUT2D eigenvalue weighted by atomic mass is 32.2. The van der Waals surface area contributed by atoms with Crippen molar-refractivity contribution in [3.63, 3.8) is 0 Å². The Labute approximate surface area is 165 Å². The van der Waals surface area contributed by atoms with Crippen LogP contribution in [-0.4, -0.2) is 62.0 Å². The van der Waals surface area contributed by atoms with E-state index in [4.69, 9.17) is 9.47 Å². The van der Waals surface area contributed by atoms with Crippen molar-refractivity contribution in [2.45, 2.75) is 50.6 Å². The summed E-state index contributed by atoms with van der Waals surface area (Å²) in [5, 5.41) is 0. The van der Waals surface area contributed by atoms with Crippen molar-refractivity contribution >= 4 is 21.7 Å². The molecule has 1 saturated carbocycles. The third kappa shape index (κ3) is 5.70. The summed E-state index contributed by atoms with van der Waals surface area (Å²) in [6.45, 7) is -0.664. The van der Waals surface area contributed by atoms with Crippen LogP contribution < -0.4 is 4.74 Å². The molecule has 1 aromatic rings. The van der Waals surface area contributed by atoms with E-state index in [0.717, 1.165) is 32.1 Å². The molecule has 7 nitrogen and oxygen atoms in total. The third-order valence-electron chi connectivity index (χ3n) is 5.31. The highest BCUT2D eigenvalue weighted by molar-refractivity contribution is 7.91. The number of carbonyl (C=O) groups is 2. The first-order valence-electron chi connectivity index (χ1n) is 9.80. The Hall–Kier alpha value is -2.09. The number of nitrogens with zero attached hydrogens (tertiary/aromatic N) is 1. The van der Waals surface area contributed by atoms with Crippen LogP contribution in [0.4, 0.5) is 0 Å². The monoisotopic (exact) mass is 409 g/mol. The van der Waals surface area contributed by atoms with Crippen molar-refractivity contribution in [2.24, 2.45) is 0 Å². The van der Waals surface area contributed by atoms with Crippen LogP contribution in [0.25, 0.3) is 0 Å². The molecule has 154 valence electrons. The predicted molar refractivity (Wildman–Crippen MR) is 104 cm³/mol. The molecule has 0 spiro atoms. The number of para-hydroxylation sites is 1. The average Bonchev–Trinajstić information content (AvgIpc) is 3.06. The number of amides is 1. The molecule has 1 aromatic carbocycles. The SMILES string of the molecule is O=C(COc1ccccc1)OCC(=O)N(C1CCCCC1)[C@H]1CCS(=O)(=O)C1. The van der Waals surface area contributed by atoms with Gasteiger partial charge in [0.2, 0.25) is 0 Å². The molecule has 8 heteroatoms. The van der Waals surface area contributed by atoms with Gasteiger partial charge in [-0.1, -0.05) is 37.5 Å². The van der Waals surface area contributed by atoms with Crippen LogP contribution in [0.15, 0.2) is 30.3 Å². The lowest BCUT2D eigenvalue weighted by atomic mass is 9.93. The minimum Gasteiger partial charge on any atom is -0.482 e. The van der Waals surface area contributed by atoms with E-state index < -0.39 is 15.8 Å². The van der Waals surface area contributed by atoms with Gasteiger partial charge in [-0.25, -0.2) is 13.2 Å². The molecule has 2 fully saturated rings. The summed E-state index contributed by atoms with van der Waals surface area (Å²) in [5.74, 6) is -0.285. The fourth-order valence-electron chi connectivity index (χ4n) is 3.98. The molecule has 28 heavy (non-hydrogen) atoms. The predicted octanol–water partition coefficient (Wildman–Crippen LogP) is 1.96. The van der Waals surface area contributed by atoms with E-state index in [0.29, 0.717) is 12.2 Å². The average molecular weight is 410 g/mol. The summed E-state index contributed by atoms with van der Waals surface area (Å²) in [5.41, 5.74) is 0. The van der Waals surface area contributed by atoms with Crippen molar-refractivity contribution in [3.8, 4) is 5.75 Å². The molecule has 0 N–H and O–H groups in total. The maximum absolute atomic E-state index is 12.8. The van der Waals surface area contributed by atoms with Gasteiger partial charge < -0.3 is 14.4 Å². The first-order valence-corrected chi connectivity index (χ1v) is 11.6. The van der Waals surface area contributed by atoms with Crippen LogP contribution in [0.1, 0.15) is 38.5 Å². The Bertz CT molecular complexity index is 773. The van der Waals surface area contributed by atoms with Crippen molar-refractivity contribution in [2.75, 3.05) is 24.7 Å². The summed E-state index contributed by atoms with van der Waals surface area (Å²) in [6, 6.07) is 8.59. The van der Waals surface area contributed by atoms with Crippen LogP contribution in [-0.2, 0) is 24.2 Å². The van der Waals surface area contributed by atoms with Crippen LogP contribution in [0, 0.1) is 0 Å². The number of rotatable bonds is 7. The van der Waals surface area contributed by atoms with E-state index in [2.05, 4.69) is 0 Å². The quantitative estimate of drug-likeness (QED) is 0.640. The number of ether oxygens (including phenoxy) is 2.